The van der Waals surface area contributed by atoms with Gasteiger partial charge >= 0.3 is 0 Å². The number of carbonyl (C=O) groups is 1. The van der Waals surface area contributed by atoms with Gasteiger partial charge in [0.2, 0.25) is 0 Å². The Hall–Kier alpha value is -2.08. The largest absolute Gasteiger partial charge is 0.397 e. The number of aromatic amines is 1. The van der Waals surface area contributed by atoms with Gasteiger partial charge in [0.15, 0.2) is 5.69 Å². The van der Waals surface area contributed by atoms with E-state index in [4.69, 9.17) is 17.3 Å². The third-order valence-corrected chi connectivity index (χ3v) is 2.25. The maximum atomic E-state index is 11.6. The van der Waals surface area contributed by atoms with Crippen LogP contribution in [0.25, 0.3) is 0 Å². The number of rotatable bonds is 2. The second-order valence-electron chi connectivity index (χ2n) is 3.05. The van der Waals surface area contributed by atoms with Crippen molar-refractivity contribution in [3.05, 3.63) is 35.1 Å². The topological polar surface area (TPSA) is 96.7 Å². The minimum absolute atomic E-state index is 0.202. The molecule has 0 saturated carbocycles. The van der Waals surface area contributed by atoms with Gasteiger partial charge in [-0.3, -0.25) is 4.79 Å². The second-order valence-corrected chi connectivity index (χ2v) is 3.45. The normalized spacial score (nSPS) is 10.1. The van der Waals surface area contributed by atoms with Crippen LogP contribution in [0.3, 0.4) is 0 Å². The molecule has 16 heavy (non-hydrogen) atoms. The highest BCUT2D eigenvalue weighted by Gasteiger charge is 2.09. The molecule has 82 valence electrons. The zero-order valence-corrected chi connectivity index (χ0v) is 8.82. The zero-order chi connectivity index (χ0) is 11.5. The highest BCUT2D eigenvalue weighted by atomic mass is 35.5. The summed E-state index contributed by atoms with van der Waals surface area (Å²) >= 11 is 5.75. The molecule has 0 spiro atoms. The van der Waals surface area contributed by atoms with Gasteiger partial charge in [0, 0.05) is 5.69 Å². The molecule has 1 aromatic carbocycles. The fraction of sp³-hybridized carbons (Fsp3) is 0. The number of nitrogens with two attached hydrogens (primary N) is 1. The van der Waals surface area contributed by atoms with E-state index in [2.05, 4.69) is 20.7 Å². The Balaban J connectivity index is 2.15. The van der Waals surface area contributed by atoms with E-state index in [1.54, 1.807) is 18.2 Å². The van der Waals surface area contributed by atoms with Crippen LogP contribution >= 0.6 is 11.6 Å². The van der Waals surface area contributed by atoms with Crippen LogP contribution < -0.4 is 11.1 Å². The SMILES string of the molecule is Nc1cc(NC(=O)c2cn[nH]n2)ccc1Cl. The van der Waals surface area contributed by atoms with E-state index in [9.17, 15) is 4.79 Å². The van der Waals surface area contributed by atoms with Crippen LogP contribution in [0.1, 0.15) is 10.5 Å². The Kier molecular flexibility index (Phi) is 2.74. The summed E-state index contributed by atoms with van der Waals surface area (Å²) in [6, 6.07) is 4.83. The van der Waals surface area contributed by atoms with Crippen LogP contribution in [0.5, 0.6) is 0 Å². The minimum Gasteiger partial charge on any atom is -0.397 e. The molecular formula is C9H8ClN5O. The summed E-state index contributed by atoms with van der Waals surface area (Å²) in [5.41, 5.74) is 6.75. The van der Waals surface area contributed by atoms with Crippen molar-refractivity contribution in [3.63, 3.8) is 0 Å². The first-order valence-corrected chi connectivity index (χ1v) is 4.77. The molecule has 0 aliphatic carbocycles. The van der Waals surface area contributed by atoms with Gasteiger partial charge in [0.05, 0.1) is 16.9 Å². The molecule has 0 aliphatic rings. The highest BCUT2D eigenvalue weighted by Crippen LogP contribution is 2.22. The molecule has 7 heteroatoms. The second kappa shape index (κ2) is 4.19. The Bertz CT molecular complexity index is 511. The van der Waals surface area contributed by atoms with E-state index >= 15 is 0 Å². The maximum Gasteiger partial charge on any atom is 0.277 e. The quantitative estimate of drug-likeness (QED) is 0.686. The first-order valence-electron chi connectivity index (χ1n) is 4.39. The van der Waals surface area contributed by atoms with Crippen LogP contribution in [-0.4, -0.2) is 21.3 Å². The lowest BCUT2D eigenvalue weighted by molar-refractivity contribution is 0.102. The number of H-pyrrole nitrogens is 1. The molecule has 0 radical (unpaired) electrons. The van der Waals surface area contributed by atoms with E-state index in [1.807, 2.05) is 0 Å². The van der Waals surface area contributed by atoms with E-state index in [0.29, 0.717) is 16.4 Å². The average molecular weight is 238 g/mol. The molecule has 0 aliphatic heterocycles. The van der Waals surface area contributed by atoms with Crippen molar-refractivity contribution in [3.8, 4) is 0 Å². The molecule has 0 bridgehead atoms. The molecule has 0 atom stereocenters. The molecule has 1 heterocycles. The first kappa shape index (κ1) is 10.4. The van der Waals surface area contributed by atoms with Crippen molar-refractivity contribution in [2.45, 2.75) is 0 Å². The van der Waals surface area contributed by atoms with E-state index < -0.39 is 0 Å². The molecule has 0 unspecified atom stereocenters. The van der Waals surface area contributed by atoms with Gasteiger partial charge in [-0.1, -0.05) is 11.6 Å². The minimum atomic E-state index is -0.365. The van der Waals surface area contributed by atoms with E-state index in [0.717, 1.165) is 0 Å². The lowest BCUT2D eigenvalue weighted by Crippen LogP contribution is -2.12. The molecular weight excluding hydrogens is 230 g/mol. The van der Waals surface area contributed by atoms with Crippen LogP contribution in [0.2, 0.25) is 5.02 Å². The number of nitrogens with zero attached hydrogens (tertiary/aromatic N) is 2. The summed E-state index contributed by atoms with van der Waals surface area (Å²) in [7, 11) is 0. The molecule has 6 nitrogen and oxygen atoms in total. The zero-order valence-electron chi connectivity index (χ0n) is 8.07. The Morgan fingerprint density at radius 1 is 1.50 bits per heavy atom. The highest BCUT2D eigenvalue weighted by molar-refractivity contribution is 6.33. The van der Waals surface area contributed by atoms with E-state index in [1.165, 1.54) is 6.20 Å². The number of hydrogen-bond donors (Lipinski definition) is 3. The third kappa shape index (κ3) is 2.12. The maximum absolute atomic E-state index is 11.6. The average Bonchev–Trinajstić information content (AvgIpc) is 2.77. The number of benzene rings is 1. The van der Waals surface area contributed by atoms with Gasteiger partial charge in [-0.25, -0.2) is 0 Å². The van der Waals surface area contributed by atoms with Gasteiger partial charge in [0.25, 0.3) is 5.91 Å². The van der Waals surface area contributed by atoms with E-state index in [-0.39, 0.29) is 11.6 Å². The van der Waals surface area contributed by atoms with Crippen LogP contribution in [-0.2, 0) is 0 Å². The first-order chi connectivity index (χ1) is 7.66. The van der Waals surface area contributed by atoms with Gasteiger partial charge in [-0.15, -0.1) is 0 Å². The predicted molar refractivity (Wildman–Crippen MR) is 60.2 cm³/mol. The summed E-state index contributed by atoms with van der Waals surface area (Å²) in [5, 5.41) is 12.6. The number of nitrogen functional groups attached to an aromatic ring is 1. The Labute approximate surface area is 95.8 Å². The van der Waals surface area contributed by atoms with Crippen molar-refractivity contribution < 1.29 is 4.79 Å². The monoisotopic (exact) mass is 237 g/mol. The number of amides is 1. The number of nitrogens with one attached hydrogen (secondary N) is 2. The molecule has 0 saturated heterocycles. The summed E-state index contributed by atoms with van der Waals surface area (Å²) in [6.45, 7) is 0. The molecule has 4 N–H and O–H groups in total. The number of aromatic nitrogens is 3. The summed E-state index contributed by atoms with van der Waals surface area (Å²) in [6.07, 6.45) is 1.33. The fourth-order valence-electron chi connectivity index (χ4n) is 1.13. The molecule has 2 rings (SSSR count). The van der Waals surface area contributed by atoms with Crippen LogP contribution in [0.4, 0.5) is 11.4 Å². The fourth-order valence-corrected chi connectivity index (χ4v) is 1.25. The van der Waals surface area contributed by atoms with Crippen molar-refractivity contribution in [1.82, 2.24) is 15.4 Å². The van der Waals surface area contributed by atoms with Crippen LogP contribution in [0, 0.1) is 0 Å². The van der Waals surface area contributed by atoms with Gasteiger partial charge in [0.1, 0.15) is 0 Å². The summed E-state index contributed by atoms with van der Waals surface area (Å²) < 4.78 is 0. The molecule has 0 fully saturated rings. The predicted octanol–water partition coefficient (Wildman–Crippen LogP) is 1.29. The Morgan fingerprint density at radius 3 is 2.94 bits per heavy atom. The van der Waals surface area contributed by atoms with Gasteiger partial charge in [-0.2, -0.15) is 15.4 Å². The standard InChI is InChI=1S/C9H8ClN5O/c10-6-2-1-5(3-7(6)11)13-9(16)8-4-12-15-14-8/h1-4H,11H2,(H,13,16)(H,12,14,15). The van der Waals surface area contributed by atoms with Crippen LogP contribution in [0.15, 0.2) is 24.4 Å². The number of hydrogen-bond acceptors (Lipinski definition) is 4. The van der Waals surface area contributed by atoms with Gasteiger partial charge in [-0.05, 0) is 18.2 Å². The lowest BCUT2D eigenvalue weighted by atomic mass is 10.2. The van der Waals surface area contributed by atoms with Crippen molar-refractivity contribution in [1.29, 1.82) is 0 Å². The number of carbonyl (C=O) groups excluding carboxylic acids is 1. The smallest absolute Gasteiger partial charge is 0.277 e. The summed E-state index contributed by atoms with van der Waals surface area (Å²) in [4.78, 5) is 11.6. The molecule has 2 aromatic rings. The third-order valence-electron chi connectivity index (χ3n) is 1.90. The lowest BCUT2D eigenvalue weighted by Gasteiger charge is -2.04. The van der Waals surface area contributed by atoms with Crippen molar-refractivity contribution >= 4 is 28.9 Å². The number of halogens is 1. The van der Waals surface area contributed by atoms with Crippen molar-refractivity contribution in [2.75, 3.05) is 11.1 Å². The Morgan fingerprint density at radius 2 is 2.31 bits per heavy atom. The summed E-state index contributed by atoms with van der Waals surface area (Å²) in [5.74, 6) is -0.365. The molecule has 1 amide bonds. The van der Waals surface area contributed by atoms with Crippen molar-refractivity contribution in [2.24, 2.45) is 0 Å². The molecule has 1 aromatic heterocycles. The number of anilines is 2. The van der Waals surface area contributed by atoms with Gasteiger partial charge < -0.3 is 11.1 Å².